The summed E-state index contributed by atoms with van der Waals surface area (Å²) in [5.74, 6) is -0.0175. The molecule has 0 fully saturated rings. The van der Waals surface area contributed by atoms with Gasteiger partial charge in [0.25, 0.3) is 11.8 Å². The van der Waals surface area contributed by atoms with E-state index in [4.69, 9.17) is 10.5 Å². The van der Waals surface area contributed by atoms with Gasteiger partial charge in [0.05, 0.1) is 25.7 Å². The van der Waals surface area contributed by atoms with Crippen LogP contribution in [0.3, 0.4) is 0 Å². The van der Waals surface area contributed by atoms with E-state index in [1.54, 1.807) is 24.3 Å². The van der Waals surface area contributed by atoms with Crippen molar-refractivity contribution in [2.75, 3.05) is 23.0 Å². The van der Waals surface area contributed by atoms with E-state index in [-0.39, 0.29) is 18.4 Å². The summed E-state index contributed by atoms with van der Waals surface area (Å²) in [6.45, 7) is -0.0403. The summed E-state index contributed by atoms with van der Waals surface area (Å²) in [5.41, 5.74) is 7.18. The molecular formula is C13H10BrN3O3S. The van der Waals surface area contributed by atoms with Gasteiger partial charge < -0.3 is 21.1 Å². The maximum Gasteiger partial charge on any atom is 0.265 e. The van der Waals surface area contributed by atoms with Crippen LogP contribution in [0.4, 0.5) is 17.1 Å². The van der Waals surface area contributed by atoms with Gasteiger partial charge in [-0.1, -0.05) is 0 Å². The number of benzene rings is 1. The highest BCUT2D eigenvalue weighted by molar-refractivity contribution is 9.11. The molecule has 1 aromatic carbocycles. The number of amides is 2. The zero-order valence-corrected chi connectivity index (χ0v) is 13.0. The topological polar surface area (TPSA) is 93.5 Å². The number of anilines is 3. The lowest BCUT2D eigenvalue weighted by molar-refractivity contribution is -0.118. The van der Waals surface area contributed by atoms with E-state index in [9.17, 15) is 9.59 Å². The second kappa shape index (κ2) is 5.38. The summed E-state index contributed by atoms with van der Waals surface area (Å²) in [4.78, 5) is 24.0. The number of thiophene rings is 1. The van der Waals surface area contributed by atoms with Crippen LogP contribution >= 0.6 is 27.3 Å². The van der Waals surface area contributed by atoms with Crippen LogP contribution in [-0.4, -0.2) is 18.4 Å². The number of nitrogen functional groups attached to an aromatic ring is 1. The van der Waals surface area contributed by atoms with Gasteiger partial charge in [0.1, 0.15) is 5.75 Å². The minimum absolute atomic E-state index is 0.0403. The second-order valence-corrected chi connectivity index (χ2v) is 6.79. The number of ether oxygens (including phenoxy) is 1. The molecule has 0 spiro atoms. The van der Waals surface area contributed by atoms with Gasteiger partial charge in [-0.05, 0) is 34.1 Å². The Bertz CT molecular complexity index is 744. The lowest BCUT2D eigenvalue weighted by atomic mass is 10.2. The standard InChI is InChI=1S/C13H10BrN3O3S/c14-11-2-1-10(21-11)13(19)17-7-4-8-9(3-6(7)15)20-5-12(18)16-8/h1-4H,5,15H2,(H,16,18)(H,17,19). The molecule has 2 amide bonds. The average Bonchev–Trinajstić information content (AvgIpc) is 2.87. The Morgan fingerprint density at radius 3 is 2.95 bits per heavy atom. The Morgan fingerprint density at radius 2 is 2.24 bits per heavy atom. The third kappa shape index (κ3) is 2.86. The number of nitrogens with one attached hydrogen (secondary N) is 2. The smallest absolute Gasteiger partial charge is 0.265 e. The molecule has 0 aliphatic carbocycles. The molecule has 1 aliphatic rings. The fourth-order valence-corrected chi connectivity index (χ4v) is 3.15. The van der Waals surface area contributed by atoms with Crippen molar-refractivity contribution in [3.63, 3.8) is 0 Å². The Hall–Kier alpha value is -2.06. The number of hydrogen-bond acceptors (Lipinski definition) is 5. The van der Waals surface area contributed by atoms with Crippen LogP contribution in [0, 0.1) is 0 Å². The van der Waals surface area contributed by atoms with E-state index in [1.807, 2.05) is 0 Å². The predicted octanol–water partition coefficient (Wildman–Crippen LogP) is 2.68. The van der Waals surface area contributed by atoms with Crippen molar-refractivity contribution in [3.05, 3.63) is 32.9 Å². The molecule has 2 heterocycles. The maximum absolute atomic E-state index is 12.1. The minimum atomic E-state index is -0.264. The van der Waals surface area contributed by atoms with E-state index < -0.39 is 0 Å². The van der Waals surface area contributed by atoms with Gasteiger partial charge in [-0.25, -0.2) is 0 Å². The maximum atomic E-state index is 12.1. The Balaban J connectivity index is 1.87. The fraction of sp³-hybridized carbons (Fsp3) is 0.0769. The van der Waals surface area contributed by atoms with E-state index in [1.165, 1.54) is 11.3 Å². The monoisotopic (exact) mass is 367 g/mol. The molecule has 108 valence electrons. The molecule has 1 aromatic heterocycles. The molecule has 0 atom stereocenters. The summed E-state index contributed by atoms with van der Waals surface area (Å²) >= 11 is 4.63. The van der Waals surface area contributed by atoms with Gasteiger partial charge in [0, 0.05) is 6.07 Å². The SMILES string of the molecule is Nc1cc2c(cc1NC(=O)c1ccc(Br)s1)NC(=O)CO2. The molecular weight excluding hydrogens is 358 g/mol. The van der Waals surface area contributed by atoms with Crippen molar-refractivity contribution >= 4 is 56.1 Å². The molecule has 6 nitrogen and oxygen atoms in total. The van der Waals surface area contributed by atoms with Gasteiger partial charge >= 0.3 is 0 Å². The number of carbonyl (C=O) groups excluding carboxylic acids is 2. The van der Waals surface area contributed by atoms with Gasteiger partial charge in [-0.15, -0.1) is 11.3 Å². The highest BCUT2D eigenvalue weighted by atomic mass is 79.9. The number of halogens is 1. The average molecular weight is 368 g/mol. The third-order valence-electron chi connectivity index (χ3n) is 2.83. The summed E-state index contributed by atoms with van der Waals surface area (Å²) < 4.78 is 6.12. The predicted molar refractivity (Wildman–Crippen MR) is 85.0 cm³/mol. The summed E-state index contributed by atoms with van der Waals surface area (Å²) in [7, 11) is 0. The van der Waals surface area contributed by atoms with Crippen LogP contribution in [0.25, 0.3) is 0 Å². The molecule has 21 heavy (non-hydrogen) atoms. The summed E-state index contributed by atoms with van der Waals surface area (Å²) in [6.07, 6.45) is 0. The molecule has 0 saturated heterocycles. The second-order valence-electron chi connectivity index (χ2n) is 4.33. The van der Waals surface area contributed by atoms with E-state index >= 15 is 0 Å². The molecule has 0 unspecified atom stereocenters. The summed E-state index contributed by atoms with van der Waals surface area (Å²) in [6, 6.07) is 6.67. The van der Waals surface area contributed by atoms with Gasteiger partial charge in [-0.2, -0.15) is 0 Å². The molecule has 0 bridgehead atoms. The lowest BCUT2D eigenvalue weighted by Gasteiger charge is -2.20. The molecule has 4 N–H and O–H groups in total. The molecule has 0 radical (unpaired) electrons. The molecule has 0 saturated carbocycles. The fourth-order valence-electron chi connectivity index (χ4n) is 1.87. The highest BCUT2D eigenvalue weighted by Gasteiger charge is 2.19. The van der Waals surface area contributed by atoms with Crippen molar-refractivity contribution < 1.29 is 14.3 Å². The first kappa shape index (κ1) is 13.9. The first-order chi connectivity index (χ1) is 10.0. The lowest BCUT2D eigenvalue weighted by Crippen LogP contribution is -2.25. The van der Waals surface area contributed by atoms with Crippen molar-refractivity contribution in [2.24, 2.45) is 0 Å². The van der Waals surface area contributed by atoms with Crippen molar-refractivity contribution in [1.82, 2.24) is 0 Å². The molecule has 8 heteroatoms. The number of fused-ring (bicyclic) bond motifs is 1. The number of rotatable bonds is 2. The first-order valence-electron chi connectivity index (χ1n) is 5.96. The quantitative estimate of drug-likeness (QED) is 0.711. The number of carbonyl (C=O) groups is 2. The van der Waals surface area contributed by atoms with Gasteiger partial charge in [-0.3, -0.25) is 9.59 Å². The first-order valence-corrected chi connectivity index (χ1v) is 7.57. The van der Waals surface area contributed by atoms with Crippen LogP contribution in [0.1, 0.15) is 9.67 Å². The Labute approximate surface area is 132 Å². The van der Waals surface area contributed by atoms with Crippen molar-refractivity contribution in [2.45, 2.75) is 0 Å². The van der Waals surface area contributed by atoms with Crippen molar-refractivity contribution in [1.29, 1.82) is 0 Å². The Kier molecular flexibility index (Phi) is 3.56. The highest BCUT2D eigenvalue weighted by Crippen LogP contribution is 2.35. The molecule has 2 aromatic rings. The van der Waals surface area contributed by atoms with E-state index in [0.29, 0.717) is 27.7 Å². The largest absolute Gasteiger partial charge is 0.482 e. The third-order valence-corrected chi connectivity index (χ3v) is 4.45. The minimum Gasteiger partial charge on any atom is -0.482 e. The zero-order valence-electron chi connectivity index (χ0n) is 10.6. The van der Waals surface area contributed by atoms with E-state index in [2.05, 4.69) is 26.6 Å². The molecule has 3 rings (SSSR count). The van der Waals surface area contributed by atoms with Crippen LogP contribution in [0.15, 0.2) is 28.1 Å². The normalized spacial score (nSPS) is 13.1. The Morgan fingerprint density at radius 1 is 1.43 bits per heavy atom. The zero-order chi connectivity index (χ0) is 15.0. The number of hydrogen-bond donors (Lipinski definition) is 3. The van der Waals surface area contributed by atoms with Crippen molar-refractivity contribution in [3.8, 4) is 5.75 Å². The van der Waals surface area contributed by atoms with Crippen LogP contribution in [0.2, 0.25) is 0 Å². The summed E-state index contributed by atoms with van der Waals surface area (Å²) in [5, 5.41) is 5.39. The van der Waals surface area contributed by atoms with E-state index in [0.717, 1.165) is 3.79 Å². The van der Waals surface area contributed by atoms with Gasteiger partial charge in [0.2, 0.25) is 0 Å². The van der Waals surface area contributed by atoms with Gasteiger partial charge in [0.15, 0.2) is 6.61 Å². The van der Waals surface area contributed by atoms with Crippen LogP contribution in [0.5, 0.6) is 5.75 Å². The number of nitrogens with two attached hydrogens (primary N) is 1. The molecule has 1 aliphatic heterocycles. The van der Waals surface area contributed by atoms with Crippen LogP contribution in [-0.2, 0) is 4.79 Å². The van der Waals surface area contributed by atoms with Crippen LogP contribution < -0.4 is 21.1 Å².